The second-order valence-corrected chi connectivity index (χ2v) is 7.42. The van der Waals surface area contributed by atoms with E-state index in [0.717, 1.165) is 13.1 Å². The molecule has 29 heavy (non-hydrogen) atoms. The first-order chi connectivity index (χ1) is 14.1. The standard InChI is InChI=1S/C20H20BrFN4O3/c1-27-18-7-14-17(8-19(18)29-10-13-9-23-4-5-28-13)24-11-25-20(14)26-16-3-2-12(21)6-15(16)22/h2-3,6-8,11,13,23H,4-5,9-10H2,1H3,(H,24,25,26)/t13-/m0/s1. The Morgan fingerprint density at radius 3 is 2.93 bits per heavy atom. The summed E-state index contributed by atoms with van der Waals surface area (Å²) >= 11 is 3.26. The number of nitrogens with zero attached hydrogens (tertiary/aromatic N) is 2. The van der Waals surface area contributed by atoms with Gasteiger partial charge in [0.1, 0.15) is 30.7 Å². The van der Waals surface area contributed by atoms with E-state index >= 15 is 0 Å². The van der Waals surface area contributed by atoms with Crippen molar-refractivity contribution in [1.82, 2.24) is 15.3 Å². The molecule has 1 atom stereocenters. The van der Waals surface area contributed by atoms with Crippen molar-refractivity contribution in [2.24, 2.45) is 0 Å². The van der Waals surface area contributed by atoms with E-state index in [1.807, 2.05) is 0 Å². The smallest absolute Gasteiger partial charge is 0.163 e. The number of fused-ring (bicyclic) bond motifs is 1. The number of methoxy groups -OCH3 is 1. The van der Waals surface area contributed by atoms with Gasteiger partial charge in [0.25, 0.3) is 0 Å². The van der Waals surface area contributed by atoms with Crippen LogP contribution in [0.4, 0.5) is 15.9 Å². The molecule has 1 aliphatic heterocycles. The third kappa shape index (κ3) is 4.58. The minimum absolute atomic E-state index is 0.0211. The molecule has 0 unspecified atom stereocenters. The average molecular weight is 463 g/mol. The summed E-state index contributed by atoms with van der Waals surface area (Å²) in [5.41, 5.74) is 0.966. The van der Waals surface area contributed by atoms with Gasteiger partial charge in [-0.15, -0.1) is 0 Å². The van der Waals surface area contributed by atoms with E-state index in [9.17, 15) is 4.39 Å². The van der Waals surface area contributed by atoms with Crippen LogP contribution in [0.3, 0.4) is 0 Å². The van der Waals surface area contributed by atoms with E-state index < -0.39 is 0 Å². The molecule has 0 aliphatic carbocycles. The molecule has 2 aromatic carbocycles. The number of hydrogen-bond donors (Lipinski definition) is 2. The highest BCUT2D eigenvalue weighted by Gasteiger charge is 2.17. The van der Waals surface area contributed by atoms with E-state index in [4.69, 9.17) is 14.2 Å². The lowest BCUT2D eigenvalue weighted by Gasteiger charge is -2.24. The molecule has 0 radical (unpaired) electrons. The minimum Gasteiger partial charge on any atom is -0.493 e. The Bertz CT molecular complexity index is 1010. The molecule has 0 amide bonds. The monoisotopic (exact) mass is 462 g/mol. The van der Waals surface area contributed by atoms with Crippen LogP contribution in [-0.4, -0.2) is 49.5 Å². The van der Waals surface area contributed by atoms with E-state index in [2.05, 4.69) is 36.5 Å². The number of halogens is 2. The van der Waals surface area contributed by atoms with Crippen LogP contribution in [0, 0.1) is 5.82 Å². The molecule has 152 valence electrons. The number of nitrogens with one attached hydrogen (secondary N) is 2. The van der Waals surface area contributed by atoms with E-state index in [-0.39, 0.29) is 11.9 Å². The number of aromatic nitrogens is 2. The molecule has 3 aromatic rings. The number of ether oxygens (including phenoxy) is 3. The maximum atomic E-state index is 14.2. The van der Waals surface area contributed by atoms with Crippen molar-refractivity contribution in [3.05, 3.63) is 46.9 Å². The molecule has 9 heteroatoms. The zero-order chi connectivity index (χ0) is 20.2. The Labute approximate surface area is 175 Å². The fourth-order valence-corrected chi connectivity index (χ4v) is 3.40. The summed E-state index contributed by atoms with van der Waals surface area (Å²) in [5.74, 6) is 1.18. The summed E-state index contributed by atoms with van der Waals surface area (Å²) in [4.78, 5) is 8.58. The predicted octanol–water partition coefficient (Wildman–Crippen LogP) is 3.65. The van der Waals surface area contributed by atoms with Crippen molar-refractivity contribution in [1.29, 1.82) is 0 Å². The average Bonchev–Trinajstić information content (AvgIpc) is 2.74. The number of rotatable bonds is 6. The number of benzene rings is 2. The fraction of sp³-hybridized carbons (Fsp3) is 0.300. The lowest BCUT2D eigenvalue weighted by molar-refractivity contribution is -0.000235. The Morgan fingerprint density at radius 2 is 2.17 bits per heavy atom. The highest BCUT2D eigenvalue weighted by atomic mass is 79.9. The number of hydrogen-bond acceptors (Lipinski definition) is 7. The second-order valence-electron chi connectivity index (χ2n) is 6.50. The number of morpholine rings is 1. The van der Waals surface area contributed by atoms with Crippen molar-refractivity contribution in [3.8, 4) is 11.5 Å². The van der Waals surface area contributed by atoms with Gasteiger partial charge >= 0.3 is 0 Å². The third-order valence-corrected chi connectivity index (χ3v) is 5.03. The Morgan fingerprint density at radius 1 is 1.28 bits per heavy atom. The van der Waals surface area contributed by atoms with E-state index in [1.54, 1.807) is 31.4 Å². The molecule has 2 N–H and O–H groups in total. The van der Waals surface area contributed by atoms with Crippen LogP contribution in [0.25, 0.3) is 10.9 Å². The van der Waals surface area contributed by atoms with Crippen LogP contribution in [0.15, 0.2) is 41.1 Å². The van der Waals surface area contributed by atoms with Gasteiger partial charge < -0.3 is 24.8 Å². The zero-order valence-electron chi connectivity index (χ0n) is 15.7. The molecule has 1 aromatic heterocycles. The van der Waals surface area contributed by atoms with Gasteiger partial charge in [-0.1, -0.05) is 15.9 Å². The molecular formula is C20H20BrFN4O3. The topological polar surface area (TPSA) is 77.5 Å². The SMILES string of the molecule is COc1cc2c(Nc3ccc(Br)cc3F)ncnc2cc1OC[C@@H]1CNCCO1. The highest BCUT2D eigenvalue weighted by Crippen LogP contribution is 2.35. The Kier molecular flexibility index (Phi) is 6.08. The summed E-state index contributed by atoms with van der Waals surface area (Å²) in [7, 11) is 1.57. The fourth-order valence-electron chi connectivity index (χ4n) is 3.06. The quantitative estimate of drug-likeness (QED) is 0.578. The first-order valence-electron chi connectivity index (χ1n) is 9.14. The largest absolute Gasteiger partial charge is 0.493 e. The van der Waals surface area contributed by atoms with Gasteiger partial charge in [-0.2, -0.15) is 0 Å². The third-order valence-electron chi connectivity index (χ3n) is 4.53. The molecule has 1 saturated heterocycles. The molecule has 0 spiro atoms. The Hall–Kier alpha value is -2.49. The van der Waals surface area contributed by atoms with Crippen LogP contribution in [0.5, 0.6) is 11.5 Å². The van der Waals surface area contributed by atoms with Gasteiger partial charge in [-0.25, -0.2) is 14.4 Å². The molecular weight excluding hydrogens is 443 g/mol. The molecule has 1 aliphatic rings. The first kappa shape index (κ1) is 19.8. The van der Waals surface area contributed by atoms with Crippen molar-refractivity contribution in [2.45, 2.75) is 6.10 Å². The van der Waals surface area contributed by atoms with Crippen LogP contribution >= 0.6 is 15.9 Å². The molecule has 4 rings (SSSR count). The van der Waals surface area contributed by atoms with Crippen LogP contribution in [0.1, 0.15) is 0 Å². The number of anilines is 2. The van der Waals surface area contributed by atoms with Gasteiger partial charge in [-0.3, -0.25) is 0 Å². The summed E-state index contributed by atoms with van der Waals surface area (Å²) < 4.78 is 32.0. The molecule has 0 bridgehead atoms. The van der Waals surface area contributed by atoms with Crippen molar-refractivity contribution in [2.75, 3.05) is 38.7 Å². The van der Waals surface area contributed by atoms with Crippen LogP contribution in [-0.2, 0) is 4.74 Å². The van der Waals surface area contributed by atoms with E-state index in [0.29, 0.717) is 51.6 Å². The molecule has 0 saturated carbocycles. The molecule has 2 heterocycles. The summed E-state index contributed by atoms with van der Waals surface area (Å²) in [5, 5.41) is 6.98. The minimum atomic E-state index is -0.390. The van der Waals surface area contributed by atoms with Gasteiger partial charge in [-0.05, 0) is 24.3 Å². The lowest BCUT2D eigenvalue weighted by Crippen LogP contribution is -2.41. The van der Waals surface area contributed by atoms with Gasteiger partial charge in [0.2, 0.25) is 0 Å². The normalized spacial score (nSPS) is 16.6. The maximum absolute atomic E-state index is 14.2. The molecule has 7 nitrogen and oxygen atoms in total. The maximum Gasteiger partial charge on any atom is 0.163 e. The van der Waals surface area contributed by atoms with Crippen LogP contribution in [0.2, 0.25) is 0 Å². The first-order valence-corrected chi connectivity index (χ1v) is 9.93. The summed E-state index contributed by atoms with van der Waals surface area (Å²) in [6.07, 6.45) is 1.40. The predicted molar refractivity (Wildman–Crippen MR) is 112 cm³/mol. The summed E-state index contributed by atoms with van der Waals surface area (Å²) in [6.45, 7) is 2.65. The highest BCUT2D eigenvalue weighted by molar-refractivity contribution is 9.10. The van der Waals surface area contributed by atoms with Crippen molar-refractivity contribution < 1.29 is 18.6 Å². The second kappa shape index (κ2) is 8.89. The van der Waals surface area contributed by atoms with Gasteiger partial charge in [0.05, 0.1) is 24.9 Å². The molecule has 1 fully saturated rings. The van der Waals surface area contributed by atoms with Gasteiger partial charge in [0, 0.05) is 29.0 Å². The zero-order valence-corrected chi connectivity index (χ0v) is 17.3. The lowest BCUT2D eigenvalue weighted by atomic mass is 10.2. The summed E-state index contributed by atoms with van der Waals surface area (Å²) in [6, 6.07) is 8.35. The Balaban J connectivity index is 1.62. The van der Waals surface area contributed by atoms with Crippen molar-refractivity contribution >= 4 is 38.3 Å². The van der Waals surface area contributed by atoms with E-state index in [1.165, 1.54) is 12.4 Å². The van der Waals surface area contributed by atoms with Gasteiger partial charge in [0.15, 0.2) is 11.5 Å². The van der Waals surface area contributed by atoms with Crippen LogP contribution < -0.4 is 20.1 Å². The van der Waals surface area contributed by atoms with Crippen molar-refractivity contribution in [3.63, 3.8) is 0 Å².